The second kappa shape index (κ2) is 6.59. The third-order valence-corrected chi connectivity index (χ3v) is 3.45. The van der Waals surface area contributed by atoms with Crippen LogP contribution in [-0.4, -0.2) is 19.7 Å². The van der Waals surface area contributed by atoms with Gasteiger partial charge in [0.05, 0.1) is 28.1 Å². The third kappa shape index (κ3) is 3.48. The van der Waals surface area contributed by atoms with Crippen molar-refractivity contribution in [2.75, 3.05) is 0 Å². The van der Waals surface area contributed by atoms with Gasteiger partial charge in [0.1, 0.15) is 5.69 Å². The van der Waals surface area contributed by atoms with E-state index < -0.39 is 6.43 Å². The standard InChI is InChI=1S/C14H8BrClF2N4O/c15-8-4-21-22(7-8)12-10(13(17)18)2-1-3-11(12)23-14-19-5-9(16)6-20-14/h1-7,13H. The number of ether oxygens (including phenoxy) is 1. The van der Waals surface area contributed by atoms with Gasteiger partial charge < -0.3 is 4.74 Å². The molecular formula is C14H8BrClF2N4O. The quantitative estimate of drug-likeness (QED) is 0.630. The highest BCUT2D eigenvalue weighted by Crippen LogP contribution is 2.35. The zero-order valence-corrected chi connectivity index (χ0v) is 13.7. The molecule has 1 aromatic carbocycles. The minimum absolute atomic E-state index is 0.00621. The van der Waals surface area contributed by atoms with Gasteiger partial charge in [-0.15, -0.1) is 0 Å². The maximum absolute atomic E-state index is 13.3. The summed E-state index contributed by atoms with van der Waals surface area (Å²) in [5, 5.41) is 4.38. The average molecular weight is 402 g/mol. The molecule has 0 unspecified atom stereocenters. The van der Waals surface area contributed by atoms with E-state index in [1.165, 1.54) is 41.5 Å². The van der Waals surface area contributed by atoms with Crippen LogP contribution in [-0.2, 0) is 0 Å². The van der Waals surface area contributed by atoms with Gasteiger partial charge in [0, 0.05) is 11.8 Å². The van der Waals surface area contributed by atoms with Crippen molar-refractivity contribution in [2.24, 2.45) is 0 Å². The minimum Gasteiger partial charge on any atom is -0.422 e. The van der Waals surface area contributed by atoms with E-state index in [2.05, 4.69) is 31.0 Å². The van der Waals surface area contributed by atoms with E-state index in [-0.39, 0.29) is 23.0 Å². The highest BCUT2D eigenvalue weighted by molar-refractivity contribution is 9.10. The van der Waals surface area contributed by atoms with Gasteiger partial charge in [-0.2, -0.15) is 5.10 Å². The maximum atomic E-state index is 13.3. The normalized spacial score (nSPS) is 11.0. The molecule has 0 radical (unpaired) electrons. The van der Waals surface area contributed by atoms with E-state index in [1.54, 1.807) is 6.20 Å². The summed E-state index contributed by atoms with van der Waals surface area (Å²) in [4.78, 5) is 7.79. The number of halogens is 4. The largest absolute Gasteiger partial charge is 0.422 e. The summed E-state index contributed by atoms with van der Waals surface area (Å²) >= 11 is 8.95. The molecule has 0 aliphatic heterocycles. The molecule has 0 fully saturated rings. The van der Waals surface area contributed by atoms with Gasteiger partial charge in [-0.25, -0.2) is 23.4 Å². The summed E-state index contributed by atoms with van der Waals surface area (Å²) < 4.78 is 34.1. The molecule has 0 bridgehead atoms. The lowest BCUT2D eigenvalue weighted by molar-refractivity contribution is 0.150. The fourth-order valence-electron chi connectivity index (χ4n) is 1.92. The van der Waals surface area contributed by atoms with Crippen LogP contribution in [0.4, 0.5) is 8.78 Å². The molecule has 0 aliphatic rings. The third-order valence-electron chi connectivity index (χ3n) is 2.84. The summed E-state index contributed by atoms with van der Waals surface area (Å²) in [7, 11) is 0. The molecule has 0 N–H and O–H groups in total. The maximum Gasteiger partial charge on any atom is 0.322 e. The number of nitrogens with zero attached hydrogens (tertiary/aromatic N) is 4. The van der Waals surface area contributed by atoms with E-state index in [9.17, 15) is 8.78 Å². The second-order valence-corrected chi connectivity index (χ2v) is 5.74. The van der Waals surface area contributed by atoms with Crippen molar-refractivity contribution in [3.8, 4) is 17.4 Å². The van der Waals surface area contributed by atoms with E-state index in [1.807, 2.05) is 0 Å². The van der Waals surface area contributed by atoms with Gasteiger partial charge in [-0.3, -0.25) is 0 Å². The molecule has 3 rings (SSSR count). The van der Waals surface area contributed by atoms with Crippen LogP contribution in [0.15, 0.2) is 47.5 Å². The number of hydrogen-bond acceptors (Lipinski definition) is 4. The van der Waals surface area contributed by atoms with Crippen molar-refractivity contribution < 1.29 is 13.5 Å². The first-order valence-electron chi connectivity index (χ1n) is 6.31. The average Bonchev–Trinajstić information content (AvgIpc) is 2.95. The van der Waals surface area contributed by atoms with Crippen molar-refractivity contribution in [1.82, 2.24) is 19.7 Å². The molecule has 5 nitrogen and oxygen atoms in total. The minimum atomic E-state index is -2.69. The molecule has 23 heavy (non-hydrogen) atoms. The van der Waals surface area contributed by atoms with Gasteiger partial charge in [-0.1, -0.05) is 23.7 Å². The molecule has 0 amide bonds. The SMILES string of the molecule is FC(F)c1cccc(Oc2ncc(Cl)cn2)c1-n1cc(Br)cn1. The van der Waals surface area contributed by atoms with Crippen LogP contribution in [0, 0.1) is 0 Å². The molecule has 9 heteroatoms. The Kier molecular flexibility index (Phi) is 4.53. The van der Waals surface area contributed by atoms with Crippen LogP contribution < -0.4 is 4.74 Å². The molecule has 2 heterocycles. The number of benzene rings is 1. The van der Waals surface area contributed by atoms with E-state index in [0.29, 0.717) is 9.50 Å². The Morgan fingerprint density at radius 3 is 2.52 bits per heavy atom. The second-order valence-electron chi connectivity index (χ2n) is 4.38. The van der Waals surface area contributed by atoms with Gasteiger partial charge in [0.15, 0.2) is 5.75 Å². The zero-order chi connectivity index (χ0) is 16.4. The van der Waals surface area contributed by atoms with Gasteiger partial charge in [0.25, 0.3) is 6.43 Å². The topological polar surface area (TPSA) is 52.8 Å². The Hall–Kier alpha value is -2.06. The Balaban J connectivity index is 2.09. The van der Waals surface area contributed by atoms with Crippen LogP contribution in [0.5, 0.6) is 11.8 Å². The summed E-state index contributed by atoms with van der Waals surface area (Å²) in [6.07, 6.45) is 3.06. The van der Waals surface area contributed by atoms with E-state index in [0.717, 1.165) is 0 Å². The van der Waals surface area contributed by atoms with Gasteiger partial charge in [0.2, 0.25) is 0 Å². The number of hydrogen-bond donors (Lipinski definition) is 0. The zero-order valence-electron chi connectivity index (χ0n) is 11.3. The lowest BCUT2D eigenvalue weighted by Gasteiger charge is -2.14. The Morgan fingerprint density at radius 1 is 1.17 bits per heavy atom. The molecule has 0 aliphatic carbocycles. The van der Waals surface area contributed by atoms with Crippen LogP contribution in [0.25, 0.3) is 5.69 Å². The molecule has 0 saturated heterocycles. The van der Waals surface area contributed by atoms with Gasteiger partial charge in [-0.05, 0) is 22.0 Å². The van der Waals surface area contributed by atoms with Crippen molar-refractivity contribution in [3.05, 3.63) is 58.0 Å². The monoisotopic (exact) mass is 400 g/mol. The van der Waals surface area contributed by atoms with Crippen molar-refractivity contribution >= 4 is 27.5 Å². The smallest absolute Gasteiger partial charge is 0.322 e. The Labute approximate surface area is 143 Å². The molecule has 3 aromatic rings. The summed E-state index contributed by atoms with van der Waals surface area (Å²) in [5.74, 6) is 0.153. The number of aromatic nitrogens is 4. The van der Waals surface area contributed by atoms with Crippen LogP contribution in [0.1, 0.15) is 12.0 Å². The predicted molar refractivity (Wildman–Crippen MR) is 83.3 cm³/mol. The Bertz CT molecular complexity index is 826. The lowest BCUT2D eigenvalue weighted by atomic mass is 10.1. The molecule has 2 aromatic heterocycles. The van der Waals surface area contributed by atoms with Crippen molar-refractivity contribution in [3.63, 3.8) is 0 Å². The van der Waals surface area contributed by atoms with Gasteiger partial charge >= 0.3 is 6.01 Å². The first-order chi connectivity index (χ1) is 11.0. The first-order valence-corrected chi connectivity index (χ1v) is 7.48. The van der Waals surface area contributed by atoms with Crippen LogP contribution in [0.3, 0.4) is 0 Å². The summed E-state index contributed by atoms with van der Waals surface area (Å²) in [6, 6.07) is 4.31. The number of para-hydroxylation sites is 1. The highest BCUT2D eigenvalue weighted by Gasteiger charge is 2.20. The molecule has 0 atom stereocenters. The lowest BCUT2D eigenvalue weighted by Crippen LogP contribution is -2.04. The summed E-state index contributed by atoms with van der Waals surface area (Å²) in [6.45, 7) is 0. The molecule has 0 spiro atoms. The van der Waals surface area contributed by atoms with E-state index in [4.69, 9.17) is 16.3 Å². The fraction of sp³-hybridized carbons (Fsp3) is 0.0714. The van der Waals surface area contributed by atoms with Crippen molar-refractivity contribution in [2.45, 2.75) is 6.43 Å². The van der Waals surface area contributed by atoms with Crippen molar-refractivity contribution in [1.29, 1.82) is 0 Å². The fourth-order valence-corrected chi connectivity index (χ4v) is 2.30. The highest BCUT2D eigenvalue weighted by atomic mass is 79.9. The molecule has 0 saturated carbocycles. The predicted octanol–water partition coefficient (Wildman–Crippen LogP) is 4.81. The van der Waals surface area contributed by atoms with E-state index >= 15 is 0 Å². The van der Waals surface area contributed by atoms with Crippen LogP contribution in [0.2, 0.25) is 5.02 Å². The Morgan fingerprint density at radius 2 is 1.91 bits per heavy atom. The first kappa shape index (κ1) is 15.8. The molecule has 118 valence electrons. The molecular weight excluding hydrogens is 394 g/mol. The van der Waals surface area contributed by atoms with Crippen LogP contribution >= 0.6 is 27.5 Å². The summed E-state index contributed by atoms with van der Waals surface area (Å²) in [5.41, 5.74) is -0.0983. The number of rotatable bonds is 4. The number of alkyl halides is 2.